The molecule has 1 radical (unpaired) electrons. The van der Waals surface area contributed by atoms with Gasteiger partial charge in [-0.05, 0) is 64.3 Å². The van der Waals surface area contributed by atoms with E-state index in [2.05, 4.69) is 96.5 Å². The van der Waals surface area contributed by atoms with E-state index in [4.69, 9.17) is 4.42 Å². The van der Waals surface area contributed by atoms with E-state index in [-0.39, 0.29) is 25.9 Å². The summed E-state index contributed by atoms with van der Waals surface area (Å²) >= 11 is 0. The monoisotopic (exact) mass is 921 g/mol. The standard InChI is InChI=1S/C29H23FNO.C20H26NSi.Ir/c30-22-13-11-21(12-14-22)23-7-4-10-27-28(23)25-9-3-8-24(29(25)32-27)26-18-20(15-16-31-26)17-19-5-1-2-6-19;1-22(2,3)19-13-14-20(21-15-19)18-11-9-17(10-12-18)16-7-5-4-6-8-16;/h3-4,7,9-16,18-19H,1-2,5-6,17H2;9-11,13-16H,4-8H2,1-3H3;/q2*-1;. The third kappa shape index (κ3) is 8.93. The first kappa shape index (κ1) is 39.0. The molecule has 7 aromatic rings. The van der Waals surface area contributed by atoms with Crippen LogP contribution in [0.2, 0.25) is 19.6 Å². The Balaban J connectivity index is 0.000000178. The summed E-state index contributed by atoms with van der Waals surface area (Å²) in [5, 5.41) is 3.47. The Morgan fingerprint density at radius 3 is 2.27 bits per heavy atom. The number of benzene rings is 4. The molecule has 6 heteroatoms. The van der Waals surface area contributed by atoms with Crippen molar-refractivity contribution in [2.24, 2.45) is 5.92 Å². The van der Waals surface area contributed by atoms with Gasteiger partial charge in [-0.1, -0.05) is 142 Å². The number of hydrogen-bond donors (Lipinski definition) is 0. The van der Waals surface area contributed by atoms with Crippen LogP contribution in [0.5, 0.6) is 0 Å². The molecule has 2 aliphatic carbocycles. The van der Waals surface area contributed by atoms with Crippen LogP contribution in [0.25, 0.3) is 55.6 Å². The molecular weight excluding hydrogens is 872 g/mol. The fourth-order valence-corrected chi connectivity index (χ4v) is 9.46. The number of fused-ring (bicyclic) bond motifs is 3. The van der Waals surface area contributed by atoms with Gasteiger partial charge in [0.1, 0.15) is 11.4 Å². The molecule has 0 N–H and O–H groups in total. The molecule has 0 unspecified atom stereocenters. The molecule has 0 saturated heterocycles. The number of hydrogen-bond acceptors (Lipinski definition) is 3. The fraction of sp³-hybridized carbons (Fsp3) is 0.306. The predicted molar refractivity (Wildman–Crippen MR) is 224 cm³/mol. The van der Waals surface area contributed by atoms with E-state index in [0.29, 0.717) is 0 Å². The average molecular weight is 921 g/mol. The Kier molecular flexibility index (Phi) is 12.3. The van der Waals surface area contributed by atoms with E-state index in [1.165, 1.54) is 86.2 Å². The van der Waals surface area contributed by atoms with Gasteiger partial charge in [0.25, 0.3) is 0 Å². The molecular formula is C49H49FIrN2OSi-2. The Hall–Kier alpha value is -4.22. The van der Waals surface area contributed by atoms with Crippen LogP contribution in [0.4, 0.5) is 4.39 Å². The summed E-state index contributed by atoms with van der Waals surface area (Å²) in [5.41, 5.74) is 10.3. The molecule has 0 amide bonds. The quantitative estimate of drug-likeness (QED) is 0.118. The molecule has 3 heterocycles. The molecule has 0 aliphatic heterocycles. The summed E-state index contributed by atoms with van der Waals surface area (Å²) in [7, 11) is -1.26. The number of aromatic nitrogens is 2. The van der Waals surface area contributed by atoms with Crippen LogP contribution in [0.1, 0.15) is 74.8 Å². The van der Waals surface area contributed by atoms with Crippen molar-refractivity contribution in [2.45, 2.75) is 89.8 Å². The van der Waals surface area contributed by atoms with Crippen LogP contribution < -0.4 is 5.19 Å². The second kappa shape index (κ2) is 17.3. The van der Waals surface area contributed by atoms with Gasteiger partial charge in [-0.3, -0.25) is 0 Å². The van der Waals surface area contributed by atoms with Crippen molar-refractivity contribution < 1.29 is 28.9 Å². The van der Waals surface area contributed by atoms with Crippen molar-refractivity contribution in [3.63, 3.8) is 0 Å². The van der Waals surface area contributed by atoms with Gasteiger partial charge in [-0.25, -0.2) is 4.39 Å². The van der Waals surface area contributed by atoms with Crippen molar-refractivity contribution in [1.29, 1.82) is 0 Å². The third-order valence-corrected chi connectivity index (χ3v) is 13.5. The average Bonchev–Trinajstić information content (AvgIpc) is 3.87. The molecule has 4 aromatic carbocycles. The predicted octanol–water partition coefficient (Wildman–Crippen LogP) is 13.1. The van der Waals surface area contributed by atoms with Crippen LogP contribution in [0.3, 0.4) is 0 Å². The number of rotatable bonds is 7. The second-order valence-electron chi connectivity index (χ2n) is 16.3. The largest absolute Gasteiger partial charge is 0.501 e. The normalized spacial score (nSPS) is 15.1. The maximum atomic E-state index is 13.5. The van der Waals surface area contributed by atoms with Gasteiger partial charge in [0.2, 0.25) is 0 Å². The van der Waals surface area contributed by atoms with Gasteiger partial charge in [0.15, 0.2) is 0 Å². The van der Waals surface area contributed by atoms with Crippen molar-refractivity contribution in [1.82, 2.24) is 9.97 Å². The smallest absolute Gasteiger partial charge is 0.123 e. The molecule has 2 saturated carbocycles. The van der Waals surface area contributed by atoms with Gasteiger partial charge in [0, 0.05) is 37.9 Å². The molecule has 0 bridgehead atoms. The van der Waals surface area contributed by atoms with Crippen LogP contribution in [0, 0.1) is 23.9 Å². The summed E-state index contributed by atoms with van der Waals surface area (Å²) in [5.74, 6) is 1.30. The van der Waals surface area contributed by atoms with Gasteiger partial charge < -0.3 is 14.4 Å². The minimum absolute atomic E-state index is 0. The number of pyridine rings is 2. The molecule has 0 atom stereocenters. The number of halogens is 1. The zero-order chi connectivity index (χ0) is 37.1. The molecule has 3 aromatic heterocycles. The molecule has 3 nitrogen and oxygen atoms in total. The summed E-state index contributed by atoms with van der Waals surface area (Å²) in [6.45, 7) is 7.07. The van der Waals surface area contributed by atoms with E-state index < -0.39 is 8.07 Å². The number of nitrogens with zero attached hydrogens (tertiary/aromatic N) is 2. The fourth-order valence-electron chi connectivity index (χ4n) is 8.42. The van der Waals surface area contributed by atoms with E-state index in [9.17, 15) is 4.39 Å². The third-order valence-electron chi connectivity index (χ3n) is 11.5. The van der Waals surface area contributed by atoms with E-state index >= 15 is 0 Å². The summed E-state index contributed by atoms with van der Waals surface area (Å²) in [4.78, 5) is 9.32. The van der Waals surface area contributed by atoms with Gasteiger partial charge in [-0.2, -0.15) is 0 Å². The molecule has 9 rings (SSSR count). The molecule has 55 heavy (non-hydrogen) atoms. The van der Waals surface area contributed by atoms with Crippen molar-refractivity contribution >= 4 is 35.2 Å². The first-order valence-corrected chi connectivity index (χ1v) is 23.4. The van der Waals surface area contributed by atoms with Crippen molar-refractivity contribution in [3.8, 4) is 33.6 Å². The van der Waals surface area contributed by atoms with Crippen LogP contribution in [0.15, 0.2) is 114 Å². The molecule has 2 fully saturated rings. The first-order chi connectivity index (χ1) is 26.3. The maximum absolute atomic E-state index is 13.5. The summed E-state index contributed by atoms with van der Waals surface area (Å²) in [6, 6.07) is 38.8. The zero-order valence-corrected chi connectivity index (χ0v) is 35.5. The minimum Gasteiger partial charge on any atom is -0.501 e. The summed E-state index contributed by atoms with van der Waals surface area (Å²) < 4.78 is 19.8. The van der Waals surface area contributed by atoms with E-state index in [1.807, 2.05) is 42.6 Å². The Bertz CT molecular complexity index is 2330. The van der Waals surface area contributed by atoms with Crippen LogP contribution in [-0.2, 0) is 26.5 Å². The molecule has 0 spiro atoms. The zero-order valence-electron chi connectivity index (χ0n) is 32.1. The van der Waals surface area contributed by atoms with E-state index in [1.54, 1.807) is 0 Å². The summed E-state index contributed by atoms with van der Waals surface area (Å²) in [6.07, 6.45) is 17.3. The Labute approximate surface area is 340 Å². The van der Waals surface area contributed by atoms with Crippen LogP contribution >= 0.6 is 0 Å². The van der Waals surface area contributed by atoms with Gasteiger partial charge in [0.05, 0.1) is 13.7 Å². The van der Waals surface area contributed by atoms with Crippen molar-refractivity contribution in [3.05, 3.63) is 139 Å². The van der Waals surface area contributed by atoms with Crippen molar-refractivity contribution in [2.75, 3.05) is 0 Å². The Morgan fingerprint density at radius 1 is 0.782 bits per heavy atom. The second-order valence-corrected chi connectivity index (χ2v) is 21.4. The van der Waals surface area contributed by atoms with E-state index in [0.717, 1.165) is 73.8 Å². The molecule has 283 valence electrons. The topological polar surface area (TPSA) is 38.9 Å². The first-order valence-electron chi connectivity index (χ1n) is 19.9. The van der Waals surface area contributed by atoms with Gasteiger partial charge >= 0.3 is 0 Å². The Morgan fingerprint density at radius 2 is 1.56 bits per heavy atom. The number of furan rings is 1. The van der Waals surface area contributed by atoms with Gasteiger partial charge in [-0.15, -0.1) is 53.6 Å². The SMILES string of the molecule is C[Si](C)(C)c1ccc(-c2[c-]cc(C3CCCCC3)cc2)nc1.Fc1ccc(-c2cccc3oc4c(-c5cc(CC6CCCC6)ccn5)[c-]ccc4c23)cc1.[Ir]. The maximum Gasteiger partial charge on any atom is 0.123 e. The van der Waals surface area contributed by atoms with Crippen LogP contribution in [-0.4, -0.2) is 18.0 Å². The minimum atomic E-state index is -1.26. The molecule has 2 aliphatic rings.